The first-order chi connectivity index (χ1) is 9.63. The Morgan fingerprint density at radius 3 is 2.85 bits per heavy atom. The van der Waals surface area contributed by atoms with Crippen molar-refractivity contribution < 1.29 is 0 Å². The molecule has 0 spiro atoms. The van der Waals surface area contributed by atoms with Gasteiger partial charge in [0.25, 0.3) is 0 Å². The Morgan fingerprint density at radius 1 is 1.20 bits per heavy atom. The number of fused-ring (bicyclic) bond motifs is 1. The maximum Gasteiger partial charge on any atom is 0.0476 e. The van der Waals surface area contributed by atoms with Crippen molar-refractivity contribution in [3.05, 3.63) is 58.1 Å². The number of nitrogens with two attached hydrogens (primary N) is 1. The van der Waals surface area contributed by atoms with Crippen LogP contribution in [-0.4, -0.2) is 6.54 Å². The summed E-state index contributed by atoms with van der Waals surface area (Å²) in [7, 11) is 0. The Labute approximate surface area is 125 Å². The fourth-order valence-electron chi connectivity index (χ4n) is 2.87. The number of halogens is 1. The van der Waals surface area contributed by atoms with E-state index in [9.17, 15) is 0 Å². The molecule has 2 aromatic carbocycles. The summed E-state index contributed by atoms with van der Waals surface area (Å²) in [4.78, 5) is 2.41. The van der Waals surface area contributed by atoms with Gasteiger partial charge in [0.15, 0.2) is 0 Å². The minimum Gasteiger partial charge on any atom is -0.399 e. The van der Waals surface area contributed by atoms with Crippen molar-refractivity contribution in [1.29, 1.82) is 0 Å². The van der Waals surface area contributed by atoms with Gasteiger partial charge in [-0.05, 0) is 49.1 Å². The Bertz CT molecular complexity index is 637. The minimum atomic E-state index is 0.716. The quantitative estimate of drug-likeness (QED) is 0.839. The van der Waals surface area contributed by atoms with Crippen molar-refractivity contribution in [1.82, 2.24) is 0 Å². The molecule has 0 aliphatic carbocycles. The van der Waals surface area contributed by atoms with Gasteiger partial charge in [-0.15, -0.1) is 0 Å². The van der Waals surface area contributed by atoms with Crippen LogP contribution in [0.5, 0.6) is 0 Å². The van der Waals surface area contributed by atoms with Gasteiger partial charge in [0, 0.05) is 29.5 Å². The predicted octanol–water partition coefficient (Wildman–Crippen LogP) is 4.18. The van der Waals surface area contributed by atoms with Gasteiger partial charge in [0.05, 0.1) is 0 Å². The number of benzene rings is 2. The van der Waals surface area contributed by atoms with E-state index in [-0.39, 0.29) is 0 Å². The Morgan fingerprint density at radius 2 is 2.05 bits per heavy atom. The van der Waals surface area contributed by atoms with E-state index in [2.05, 4.69) is 30.0 Å². The van der Waals surface area contributed by atoms with Crippen LogP contribution in [0, 0.1) is 6.92 Å². The summed E-state index contributed by atoms with van der Waals surface area (Å²) in [5.74, 6) is 0. The van der Waals surface area contributed by atoms with E-state index in [0.717, 1.165) is 23.7 Å². The van der Waals surface area contributed by atoms with Gasteiger partial charge >= 0.3 is 0 Å². The van der Waals surface area contributed by atoms with Crippen LogP contribution in [-0.2, 0) is 13.0 Å². The molecule has 0 saturated carbocycles. The average Bonchev–Trinajstić information content (AvgIpc) is 2.41. The number of nitrogen functional groups attached to an aromatic ring is 1. The molecule has 20 heavy (non-hydrogen) atoms. The first-order valence-corrected chi connectivity index (χ1v) is 7.39. The van der Waals surface area contributed by atoms with Crippen LogP contribution >= 0.6 is 11.6 Å². The molecule has 2 aromatic rings. The molecule has 0 fully saturated rings. The number of anilines is 2. The molecular formula is C17H19ClN2. The van der Waals surface area contributed by atoms with E-state index >= 15 is 0 Å². The first kappa shape index (κ1) is 13.3. The number of nitrogens with zero attached hydrogens (tertiary/aromatic N) is 1. The maximum atomic E-state index is 6.29. The lowest BCUT2D eigenvalue weighted by atomic mass is 9.99. The monoisotopic (exact) mass is 286 g/mol. The van der Waals surface area contributed by atoms with Crippen LogP contribution in [0.25, 0.3) is 0 Å². The number of aryl methyl sites for hydroxylation is 2. The molecule has 1 heterocycles. The van der Waals surface area contributed by atoms with Gasteiger partial charge in [-0.25, -0.2) is 0 Å². The summed E-state index contributed by atoms with van der Waals surface area (Å²) < 4.78 is 0. The highest BCUT2D eigenvalue weighted by Crippen LogP contribution is 2.30. The van der Waals surface area contributed by atoms with Gasteiger partial charge in [-0.1, -0.05) is 35.4 Å². The molecule has 0 radical (unpaired) electrons. The number of hydrogen-bond acceptors (Lipinski definition) is 2. The fraction of sp³-hybridized carbons (Fsp3) is 0.294. The second-order valence-electron chi connectivity index (χ2n) is 5.51. The number of hydrogen-bond donors (Lipinski definition) is 1. The van der Waals surface area contributed by atoms with E-state index < -0.39 is 0 Å². The predicted molar refractivity (Wildman–Crippen MR) is 86.4 cm³/mol. The minimum absolute atomic E-state index is 0.716. The third-order valence-corrected chi connectivity index (χ3v) is 4.24. The van der Waals surface area contributed by atoms with Gasteiger partial charge < -0.3 is 10.6 Å². The molecule has 0 bridgehead atoms. The summed E-state index contributed by atoms with van der Waals surface area (Å²) in [5, 5.41) is 0.754. The molecule has 2 nitrogen and oxygen atoms in total. The van der Waals surface area contributed by atoms with E-state index in [4.69, 9.17) is 17.3 Å². The Kier molecular flexibility index (Phi) is 3.58. The zero-order chi connectivity index (χ0) is 14.1. The lowest BCUT2D eigenvalue weighted by Gasteiger charge is -2.32. The normalized spacial score (nSPS) is 14.2. The summed E-state index contributed by atoms with van der Waals surface area (Å²) in [6.07, 6.45) is 2.37. The van der Waals surface area contributed by atoms with Crippen molar-refractivity contribution >= 4 is 23.0 Å². The largest absolute Gasteiger partial charge is 0.399 e. The second kappa shape index (κ2) is 5.37. The standard InChI is InChI=1S/C17H19ClN2/c1-12-4-7-17-13(9-12)3-2-8-20(17)11-14-5-6-15(19)10-16(14)18/h4-7,9-10H,2-3,8,11,19H2,1H3. The third kappa shape index (κ3) is 2.61. The molecule has 1 aliphatic heterocycles. The molecule has 3 heteroatoms. The summed E-state index contributed by atoms with van der Waals surface area (Å²) >= 11 is 6.29. The lowest BCUT2D eigenvalue weighted by Crippen LogP contribution is -2.28. The zero-order valence-electron chi connectivity index (χ0n) is 11.7. The molecule has 0 amide bonds. The molecule has 104 valence electrons. The Balaban J connectivity index is 1.89. The highest BCUT2D eigenvalue weighted by atomic mass is 35.5. The molecule has 2 N–H and O–H groups in total. The zero-order valence-corrected chi connectivity index (χ0v) is 12.5. The topological polar surface area (TPSA) is 29.3 Å². The van der Waals surface area contributed by atoms with Gasteiger partial charge in [0.1, 0.15) is 0 Å². The van der Waals surface area contributed by atoms with E-state index in [1.54, 1.807) is 0 Å². The molecule has 0 unspecified atom stereocenters. The van der Waals surface area contributed by atoms with E-state index in [1.165, 1.54) is 29.7 Å². The highest BCUT2D eigenvalue weighted by molar-refractivity contribution is 6.31. The van der Waals surface area contributed by atoms with Crippen molar-refractivity contribution in [2.45, 2.75) is 26.3 Å². The van der Waals surface area contributed by atoms with Crippen LogP contribution in [0.2, 0.25) is 5.02 Å². The molecular weight excluding hydrogens is 268 g/mol. The molecule has 0 atom stereocenters. The van der Waals surface area contributed by atoms with Gasteiger partial charge in [-0.2, -0.15) is 0 Å². The van der Waals surface area contributed by atoms with E-state index in [1.807, 2.05) is 18.2 Å². The first-order valence-electron chi connectivity index (χ1n) is 7.02. The maximum absolute atomic E-state index is 6.29. The highest BCUT2D eigenvalue weighted by Gasteiger charge is 2.17. The van der Waals surface area contributed by atoms with Crippen molar-refractivity contribution in [2.75, 3.05) is 17.2 Å². The fourth-order valence-corrected chi connectivity index (χ4v) is 3.11. The summed E-state index contributed by atoms with van der Waals surface area (Å²) in [6, 6.07) is 12.5. The smallest absolute Gasteiger partial charge is 0.0476 e. The van der Waals surface area contributed by atoms with Crippen LogP contribution < -0.4 is 10.6 Å². The Hall–Kier alpha value is -1.67. The van der Waals surface area contributed by atoms with Crippen molar-refractivity contribution in [3.8, 4) is 0 Å². The van der Waals surface area contributed by atoms with Crippen LogP contribution in [0.15, 0.2) is 36.4 Å². The van der Waals surface area contributed by atoms with Crippen LogP contribution in [0.3, 0.4) is 0 Å². The molecule has 0 saturated heterocycles. The molecule has 1 aliphatic rings. The second-order valence-corrected chi connectivity index (χ2v) is 5.92. The molecule has 3 rings (SSSR count). The van der Waals surface area contributed by atoms with Crippen molar-refractivity contribution in [3.63, 3.8) is 0 Å². The number of rotatable bonds is 2. The van der Waals surface area contributed by atoms with Crippen LogP contribution in [0.1, 0.15) is 23.1 Å². The molecule has 0 aromatic heterocycles. The average molecular weight is 287 g/mol. The summed E-state index contributed by atoms with van der Waals surface area (Å²) in [5.41, 5.74) is 11.7. The van der Waals surface area contributed by atoms with Crippen LogP contribution in [0.4, 0.5) is 11.4 Å². The van der Waals surface area contributed by atoms with Crippen molar-refractivity contribution in [2.24, 2.45) is 0 Å². The lowest BCUT2D eigenvalue weighted by molar-refractivity contribution is 0.691. The summed E-state index contributed by atoms with van der Waals surface area (Å²) in [6.45, 7) is 4.07. The van der Waals surface area contributed by atoms with E-state index in [0.29, 0.717) is 5.69 Å². The third-order valence-electron chi connectivity index (χ3n) is 3.89. The van der Waals surface area contributed by atoms with Gasteiger partial charge in [-0.3, -0.25) is 0 Å². The SMILES string of the molecule is Cc1ccc2c(c1)CCCN2Cc1ccc(N)cc1Cl. The van der Waals surface area contributed by atoms with Gasteiger partial charge in [0.2, 0.25) is 0 Å².